The molecule has 0 radical (unpaired) electrons. The standard InChI is InChI=1S/C20H24N6O2/c1-13-9-14(2)26(25-13)19-8-5-15(11-22-19)12-23-20(21)24-17-10-16(27-3)6-7-18(17)28-4/h5-11H,12H2,1-4H3,(H3,21,23,24). The van der Waals surface area contributed by atoms with Gasteiger partial charge < -0.3 is 20.5 Å². The molecule has 28 heavy (non-hydrogen) atoms. The normalized spacial score (nSPS) is 11.4. The predicted octanol–water partition coefficient (Wildman–Crippen LogP) is 2.83. The largest absolute Gasteiger partial charge is 0.497 e. The number of rotatable bonds is 6. The molecule has 0 saturated heterocycles. The van der Waals surface area contributed by atoms with Crippen molar-refractivity contribution in [3.05, 3.63) is 59.5 Å². The van der Waals surface area contributed by atoms with E-state index >= 15 is 0 Å². The molecule has 2 heterocycles. The lowest BCUT2D eigenvalue weighted by Gasteiger charge is -2.12. The molecular weight excluding hydrogens is 356 g/mol. The van der Waals surface area contributed by atoms with E-state index in [0.29, 0.717) is 23.7 Å². The molecule has 0 atom stereocenters. The molecule has 0 saturated carbocycles. The summed E-state index contributed by atoms with van der Waals surface area (Å²) in [7, 11) is 3.20. The van der Waals surface area contributed by atoms with Crippen molar-refractivity contribution < 1.29 is 9.47 Å². The number of hydrogen-bond acceptors (Lipinski definition) is 5. The third kappa shape index (κ3) is 4.40. The summed E-state index contributed by atoms with van der Waals surface area (Å²) in [6, 6.07) is 11.3. The Bertz CT molecular complexity index is 979. The van der Waals surface area contributed by atoms with E-state index in [4.69, 9.17) is 15.2 Å². The molecule has 0 amide bonds. The summed E-state index contributed by atoms with van der Waals surface area (Å²) >= 11 is 0. The third-order valence-corrected chi connectivity index (χ3v) is 4.14. The number of guanidine groups is 1. The summed E-state index contributed by atoms with van der Waals surface area (Å²) in [5.74, 6) is 2.38. The summed E-state index contributed by atoms with van der Waals surface area (Å²) in [5, 5.41) is 7.48. The Balaban J connectivity index is 1.69. The molecule has 1 aromatic carbocycles. The number of benzene rings is 1. The first-order chi connectivity index (χ1) is 13.5. The third-order valence-electron chi connectivity index (χ3n) is 4.14. The van der Waals surface area contributed by atoms with Crippen LogP contribution in [0.2, 0.25) is 0 Å². The van der Waals surface area contributed by atoms with Crippen LogP contribution in [-0.4, -0.2) is 34.9 Å². The molecular formula is C20H24N6O2. The fraction of sp³-hybridized carbons (Fsp3) is 0.250. The van der Waals surface area contributed by atoms with Gasteiger partial charge in [-0.25, -0.2) is 14.7 Å². The van der Waals surface area contributed by atoms with Gasteiger partial charge in [0, 0.05) is 18.0 Å². The average Bonchev–Trinajstić information content (AvgIpc) is 3.04. The number of pyridine rings is 1. The Morgan fingerprint density at radius 2 is 1.96 bits per heavy atom. The van der Waals surface area contributed by atoms with Crippen molar-refractivity contribution in [3.8, 4) is 17.3 Å². The second-order valence-corrected chi connectivity index (χ2v) is 6.26. The molecule has 2 aromatic heterocycles. The number of aliphatic imine (C=N–C) groups is 1. The van der Waals surface area contributed by atoms with Crippen LogP contribution in [-0.2, 0) is 6.54 Å². The lowest BCUT2D eigenvalue weighted by atomic mass is 10.2. The van der Waals surface area contributed by atoms with Gasteiger partial charge in [-0.05, 0) is 43.7 Å². The van der Waals surface area contributed by atoms with Crippen LogP contribution >= 0.6 is 0 Å². The summed E-state index contributed by atoms with van der Waals surface area (Å²) in [5.41, 5.74) is 9.64. The van der Waals surface area contributed by atoms with Crippen molar-refractivity contribution in [3.63, 3.8) is 0 Å². The number of methoxy groups -OCH3 is 2. The maximum absolute atomic E-state index is 6.02. The van der Waals surface area contributed by atoms with Crippen molar-refractivity contribution in [2.45, 2.75) is 20.4 Å². The highest BCUT2D eigenvalue weighted by atomic mass is 16.5. The van der Waals surface area contributed by atoms with Crippen molar-refractivity contribution in [1.82, 2.24) is 14.8 Å². The monoisotopic (exact) mass is 380 g/mol. The molecule has 0 unspecified atom stereocenters. The van der Waals surface area contributed by atoms with Crippen LogP contribution in [0.3, 0.4) is 0 Å². The maximum atomic E-state index is 6.02. The number of nitrogens with one attached hydrogen (secondary N) is 1. The lowest BCUT2D eigenvalue weighted by molar-refractivity contribution is 0.405. The van der Waals surface area contributed by atoms with Gasteiger partial charge in [-0.2, -0.15) is 5.10 Å². The first-order valence-corrected chi connectivity index (χ1v) is 8.77. The maximum Gasteiger partial charge on any atom is 0.193 e. The number of aromatic nitrogens is 3. The van der Waals surface area contributed by atoms with E-state index in [1.165, 1.54) is 0 Å². The van der Waals surface area contributed by atoms with Gasteiger partial charge in [0.05, 0.1) is 32.1 Å². The summed E-state index contributed by atoms with van der Waals surface area (Å²) < 4.78 is 12.4. The second kappa shape index (κ2) is 8.43. The Morgan fingerprint density at radius 3 is 2.57 bits per heavy atom. The molecule has 3 rings (SSSR count). The van der Waals surface area contributed by atoms with E-state index in [1.807, 2.05) is 42.8 Å². The highest BCUT2D eigenvalue weighted by Crippen LogP contribution is 2.28. The topological polar surface area (TPSA) is 99.6 Å². The lowest BCUT2D eigenvalue weighted by Crippen LogP contribution is -2.23. The zero-order chi connectivity index (χ0) is 20.1. The van der Waals surface area contributed by atoms with E-state index in [9.17, 15) is 0 Å². The van der Waals surface area contributed by atoms with E-state index in [1.54, 1.807) is 32.5 Å². The zero-order valence-electron chi connectivity index (χ0n) is 16.4. The van der Waals surface area contributed by atoms with Crippen molar-refractivity contribution >= 4 is 11.6 Å². The minimum atomic E-state index is 0.272. The summed E-state index contributed by atoms with van der Waals surface area (Å²) in [4.78, 5) is 8.84. The molecule has 8 heteroatoms. The molecule has 0 aliphatic carbocycles. The summed E-state index contributed by atoms with van der Waals surface area (Å²) in [6.07, 6.45) is 1.77. The Morgan fingerprint density at radius 1 is 1.14 bits per heavy atom. The SMILES string of the molecule is COc1ccc(OC)c(NC(N)=NCc2ccc(-n3nc(C)cc3C)nc2)c1. The molecule has 3 N–H and O–H groups in total. The van der Waals surface area contributed by atoms with Gasteiger partial charge in [0.25, 0.3) is 0 Å². The fourth-order valence-electron chi connectivity index (χ4n) is 2.76. The highest BCUT2D eigenvalue weighted by molar-refractivity contribution is 5.94. The van der Waals surface area contributed by atoms with Gasteiger partial charge in [0.2, 0.25) is 0 Å². The molecule has 0 bridgehead atoms. The first-order valence-electron chi connectivity index (χ1n) is 8.77. The quantitative estimate of drug-likeness (QED) is 0.504. The number of nitrogens with zero attached hydrogens (tertiary/aromatic N) is 4. The second-order valence-electron chi connectivity index (χ2n) is 6.26. The summed E-state index contributed by atoms with van der Waals surface area (Å²) in [6.45, 7) is 4.36. The first kappa shape index (κ1) is 19.2. The van der Waals surface area contributed by atoms with Gasteiger partial charge in [0.1, 0.15) is 11.5 Å². The Labute approximate surface area is 164 Å². The van der Waals surface area contributed by atoms with E-state index < -0.39 is 0 Å². The van der Waals surface area contributed by atoms with Crippen molar-refractivity contribution in [2.75, 3.05) is 19.5 Å². The number of anilines is 1. The smallest absolute Gasteiger partial charge is 0.193 e. The molecule has 0 fully saturated rings. The zero-order valence-corrected chi connectivity index (χ0v) is 16.4. The van der Waals surface area contributed by atoms with Gasteiger partial charge in [-0.15, -0.1) is 0 Å². The fourth-order valence-corrected chi connectivity index (χ4v) is 2.76. The van der Waals surface area contributed by atoms with Crippen LogP contribution in [0.1, 0.15) is 17.0 Å². The van der Waals surface area contributed by atoms with Crippen LogP contribution in [0, 0.1) is 13.8 Å². The van der Waals surface area contributed by atoms with E-state index in [-0.39, 0.29) is 5.96 Å². The van der Waals surface area contributed by atoms with Crippen LogP contribution in [0.25, 0.3) is 5.82 Å². The molecule has 0 aliphatic heterocycles. The molecule has 3 aromatic rings. The highest BCUT2D eigenvalue weighted by Gasteiger charge is 2.07. The molecule has 0 spiro atoms. The van der Waals surface area contributed by atoms with Crippen molar-refractivity contribution in [1.29, 1.82) is 0 Å². The number of ether oxygens (including phenoxy) is 2. The van der Waals surface area contributed by atoms with E-state index in [2.05, 4.69) is 20.4 Å². The van der Waals surface area contributed by atoms with Gasteiger partial charge in [0.15, 0.2) is 11.8 Å². The number of nitrogens with two attached hydrogens (primary N) is 1. The van der Waals surface area contributed by atoms with Crippen LogP contribution in [0.5, 0.6) is 11.5 Å². The molecule has 0 aliphatic rings. The number of aryl methyl sites for hydroxylation is 2. The van der Waals surface area contributed by atoms with Crippen molar-refractivity contribution in [2.24, 2.45) is 10.7 Å². The van der Waals surface area contributed by atoms with Gasteiger partial charge in [-0.3, -0.25) is 0 Å². The molecule has 8 nitrogen and oxygen atoms in total. The van der Waals surface area contributed by atoms with Gasteiger partial charge >= 0.3 is 0 Å². The van der Waals surface area contributed by atoms with Crippen LogP contribution in [0.4, 0.5) is 5.69 Å². The molecule has 146 valence electrons. The number of hydrogen-bond donors (Lipinski definition) is 2. The van der Waals surface area contributed by atoms with Gasteiger partial charge in [-0.1, -0.05) is 6.07 Å². The van der Waals surface area contributed by atoms with Crippen LogP contribution in [0.15, 0.2) is 47.6 Å². The average molecular weight is 380 g/mol. The Kier molecular flexibility index (Phi) is 5.78. The van der Waals surface area contributed by atoms with E-state index in [0.717, 1.165) is 22.8 Å². The Hall–Kier alpha value is -3.55. The minimum absolute atomic E-state index is 0.272. The predicted molar refractivity (Wildman–Crippen MR) is 109 cm³/mol. The van der Waals surface area contributed by atoms with Crippen LogP contribution < -0.4 is 20.5 Å². The minimum Gasteiger partial charge on any atom is -0.497 e.